The molecule has 2 unspecified atom stereocenters. The normalized spacial score (nSPS) is 17.5. The second kappa shape index (κ2) is 7.45. The molecule has 1 amide bonds. The lowest BCUT2D eigenvalue weighted by atomic mass is 10.0. The summed E-state index contributed by atoms with van der Waals surface area (Å²) in [6.07, 6.45) is 0.377. The molecule has 3 rings (SSSR count). The van der Waals surface area contributed by atoms with Gasteiger partial charge in [0.2, 0.25) is 0 Å². The Morgan fingerprint density at radius 2 is 2.19 bits per heavy atom. The van der Waals surface area contributed by atoms with Crippen LogP contribution >= 0.6 is 11.3 Å². The first-order valence-electron chi connectivity index (χ1n) is 8.64. The SMILES string of the molecule is CCC1Oc2ccc(-c3csc(C)n3)cc2N(C(CC)C(=O)OC)C1=O. The molecule has 2 aromatic rings. The molecule has 6 nitrogen and oxygen atoms in total. The van der Waals surface area contributed by atoms with Crippen molar-refractivity contribution in [2.45, 2.75) is 45.8 Å². The van der Waals surface area contributed by atoms with Crippen LogP contribution < -0.4 is 9.64 Å². The molecule has 0 fully saturated rings. The highest BCUT2D eigenvalue weighted by Gasteiger charge is 2.40. The first kappa shape index (κ1) is 18.4. The van der Waals surface area contributed by atoms with E-state index >= 15 is 0 Å². The zero-order valence-electron chi connectivity index (χ0n) is 15.3. The molecular formula is C19H22N2O4S. The van der Waals surface area contributed by atoms with Crippen molar-refractivity contribution in [3.05, 3.63) is 28.6 Å². The molecule has 0 saturated carbocycles. The van der Waals surface area contributed by atoms with Gasteiger partial charge in [-0.3, -0.25) is 9.69 Å². The first-order valence-corrected chi connectivity index (χ1v) is 9.52. The van der Waals surface area contributed by atoms with Crippen molar-refractivity contribution in [3.63, 3.8) is 0 Å². The van der Waals surface area contributed by atoms with Crippen molar-refractivity contribution in [2.24, 2.45) is 0 Å². The summed E-state index contributed by atoms with van der Waals surface area (Å²) in [5.41, 5.74) is 2.30. The van der Waals surface area contributed by atoms with Crippen LogP contribution in [0, 0.1) is 6.92 Å². The van der Waals surface area contributed by atoms with Gasteiger partial charge in [-0.1, -0.05) is 13.8 Å². The highest BCUT2D eigenvalue weighted by molar-refractivity contribution is 7.09. The van der Waals surface area contributed by atoms with Crippen LogP contribution in [-0.2, 0) is 14.3 Å². The van der Waals surface area contributed by atoms with Gasteiger partial charge < -0.3 is 9.47 Å². The van der Waals surface area contributed by atoms with Gasteiger partial charge >= 0.3 is 5.97 Å². The van der Waals surface area contributed by atoms with Crippen LogP contribution in [-0.4, -0.2) is 36.1 Å². The number of hydrogen-bond donors (Lipinski definition) is 0. The van der Waals surface area contributed by atoms with Crippen LogP contribution in [0.3, 0.4) is 0 Å². The number of nitrogens with zero attached hydrogens (tertiary/aromatic N) is 2. The summed E-state index contributed by atoms with van der Waals surface area (Å²) in [4.78, 5) is 31.3. The minimum atomic E-state index is -0.684. The van der Waals surface area contributed by atoms with Crippen molar-refractivity contribution >= 4 is 28.9 Å². The number of thiazole rings is 1. The predicted octanol–water partition coefficient (Wildman–Crippen LogP) is 3.57. The molecule has 1 aliphatic heterocycles. The molecule has 1 aliphatic rings. The van der Waals surface area contributed by atoms with Crippen LogP contribution in [0.4, 0.5) is 5.69 Å². The van der Waals surface area contributed by atoms with E-state index in [0.29, 0.717) is 24.3 Å². The topological polar surface area (TPSA) is 68.7 Å². The third kappa shape index (κ3) is 3.19. The Hall–Kier alpha value is -2.41. The van der Waals surface area contributed by atoms with Gasteiger partial charge in [-0.05, 0) is 38.0 Å². The van der Waals surface area contributed by atoms with E-state index in [1.807, 2.05) is 44.4 Å². The average Bonchev–Trinajstić information content (AvgIpc) is 3.09. The average molecular weight is 374 g/mol. The largest absolute Gasteiger partial charge is 0.478 e. The lowest BCUT2D eigenvalue weighted by Crippen LogP contribution is -2.53. The van der Waals surface area contributed by atoms with Gasteiger partial charge in [0.1, 0.15) is 11.8 Å². The van der Waals surface area contributed by atoms with Crippen molar-refractivity contribution < 1.29 is 19.1 Å². The van der Waals surface area contributed by atoms with Gasteiger partial charge in [-0.2, -0.15) is 0 Å². The van der Waals surface area contributed by atoms with E-state index in [4.69, 9.17) is 9.47 Å². The van der Waals surface area contributed by atoms with E-state index < -0.39 is 18.1 Å². The van der Waals surface area contributed by atoms with E-state index in [2.05, 4.69) is 4.98 Å². The van der Waals surface area contributed by atoms with Crippen LogP contribution in [0.1, 0.15) is 31.7 Å². The summed E-state index contributed by atoms with van der Waals surface area (Å²) >= 11 is 1.56. The lowest BCUT2D eigenvalue weighted by molar-refractivity contribution is -0.144. The van der Waals surface area contributed by atoms with Crippen LogP contribution in [0.15, 0.2) is 23.6 Å². The number of ether oxygens (including phenoxy) is 2. The Morgan fingerprint density at radius 3 is 2.77 bits per heavy atom. The van der Waals surface area contributed by atoms with E-state index in [1.165, 1.54) is 12.0 Å². The standard InChI is InChI=1S/C19H22N2O4S/c1-5-14(19(23)24-4)21-15-9-12(13-10-26-11(3)20-13)7-8-17(15)25-16(6-2)18(21)22/h7-10,14,16H,5-6H2,1-4H3. The Morgan fingerprint density at radius 1 is 1.42 bits per heavy atom. The number of aryl methyl sites for hydroxylation is 1. The van der Waals surface area contributed by atoms with Crippen molar-refractivity contribution in [3.8, 4) is 17.0 Å². The molecule has 0 N–H and O–H groups in total. The third-order valence-electron chi connectivity index (χ3n) is 4.46. The fraction of sp³-hybridized carbons (Fsp3) is 0.421. The van der Waals surface area contributed by atoms with Crippen molar-refractivity contribution in [1.82, 2.24) is 4.98 Å². The number of amides is 1. The molecule has 0 aliphatic carbocycles. The molecule has 138 valence electrons. The smallest absolute Gasteiger partial charge is 0.328 e. The molecule has 7 heteroatoms. The van der Waals surface area contributed by atoms with Gasteiger partial charge in [0.05, 0.1) is 23.5 Å². The first-order chi connectivity index (χ1) is 12.5. The lowest BCUT2D eigenvalue weighted by Gasteiger charge is -2.37. The summed E-state index contributed by atoms with van der Waals surface area (Å²) in [5.74, 6) is -0.0585. The Kier molecular flexibility index (Phi) is 5.27. The number of fused-ring (bicyclic) bond motifs is 1. The molecular weight excluding hydrogens is 352 g/mol. The highest BCUT2D eigenvalue weighted by atomic mass is 32.1. The summed E-state index contributed by atoms with van der Waals surface area (Å²) in [6.45, 7) is 5.69. The summed E-state index contributed by atoms with van der Waals surface area (Å²) in [7, 11) is 1.34. The highest BCUT2D eigenvalue weighted by Crippen LogP contribution is 2.39. The Bertz CT molecular complexity index is 833. The molecule has 0 spiro atoms. The van der Waals surface area contributed by atoms with Crippen LogP contribution in [0.25, 0.3) is 11.3 Å². The van der Waals surface area contributed by atoms with Gasteiger partial charge in [0.15, 0.2) is 6.10 Å². The molecule has 2 heterocycles. The van der Waals surface area contributed by atoms with Crippen LogP contribution in [0.5, 0.6) is 5.75 Å². The number of aromatic nitrogens is 1. The molecule has 0 radical (unpaired) electrons. The molecule has 1 aromatic carbocycles. The second-order valence-electron chi connectivity index (χ2n) is 6.10. The maximum Gasteiger partial charge on any atom is 0.328 e. The maximum absolute atomic E-state index is 13.0. The summed E-state index contributed by atoms with van der Waals surface area (Å²) in [5, 5.41) is 2.94. The number of carbonyl (C=O) groups excluding carboxylic acids is 2. The van der Waals surface area contributed by atoms with Gasteiger partial charge in [0, 0.05) is 10.9 Å². The predicted molar refractivity (Wildman–Crippen MR) is 101 cm³/mol. The van der Waals surface area contributed by atoms with E-state index in [1.54, 1.807) is 11.3 Å². The molecule has 1 aromatic heterocycles. The van der Waals surface area contributed by atoms with Gasteiger partial charge in [-0.25, -0.2) is 9.78 Å². The monoisotopic (exact) mass is 374 g/mol. The Labute approximate surface area is 156 Å². The summed E-state index contributed by atoms with van der Waals surface area (Å²) in [6, 6.07) is 4.94. The second-order valence-corrected chi connectivity index (χ2v) is 7.17. The quantitative estimate of drug-likeness (QED) is 0.749. The van der Waals surface area contributed by atoms with Gasteiger partial charge in [-0.15, -0.1) is 11.3 Å². The van der Waals surface area contributed by atoms with Crippen LogP contribution in [0.2, 0.25) is 0 Å². The minimum absolute atomic E-state index is 0.219. The van der Waals surface area contributed by atoms with Crippen molar-refractivity contribution in [1.29, 1.82) is 0 Å². The zero-order chi connectivity index (χ0) is 18.8. The zero-order valence-corrected chi connectivity index (χ0v) is 16.1. The van der Waals surface area contributed by atoms with E-state index in [-0.39, 0.29) is 5.91 Å². The molecule has 0 bridgehead atoms. The number of hydrogen-bond acceptors (Lipinski definition) is 6. The van der Waals surface area contributed by atoms with E-state index in [9.17, 15) is 9.59 Å². The number of esters is 1. The third-order valence-corrected chi connectivity index (χ3v) is 5.23. The Balaban J connectivity index is 2.11. The van der Waals surface area contributed by atoms with Gasteiger partial charge in [0.25, 0.3) is 5.91 Å². The number of methoxy groups -OCH3 is 1. The van der Waals surface area contributed by atoms with E-state index in [0.717, 1.165) is 16.3 Å². The number of benzene rings is 1. The minimum Gasteiger partial charge on any atom is -0.478 e. The molecule has 0 saturated heterocycles. The fourth-order valence-corrected chi connectivity index (χ4v) is 3.73. The molecule has 26 heavy (non-hydrogen) atoms. The van der Waals surface area contributed by atoms with Crippen molar-refractivity contribution in [2.75, 3.05) is 12.0 Å². The fourth-order valence-electron chi connectivity index (χ4n) is 3.11. The summed E-state index contributed by atoms with van der Waals surface area (Å²) < 4.78 is 10.8. The number of rotatable bonds is 5. The number of anilines is 1. The maximum atomic E-state index is 13.0. The number of carbonyl (C=O) groups is 2. The molecule has 2 atom stereocenters.